The van der Waals surface area contributed by atoms with Crippen LogP contribution in [0.5, 0.6) is 23.0 Å². The maximum Gasteiger partial charge on any atom is 0.338 e. The first-order valence-corrected chi connectivity index (χ1v) is 12.8. The molecule has 0 bridgehead atoms. The van der Waals surface area contributed by atoms with Crippen molar-refractivity contribution in [3.63, 3.8) is 0 Å². The smallest absolute Gasteiger partial charge is 0.338 e. The van der Waals surface area contributed by atoms with Gasteiger partial charge in [0.2, 0.25) is 5.75 Å². The second kappa shape index (κ2) is 12.5. The molecule has 0 radical (unpaired) electrons. The predicted octanol–water partition coefficient (Wildman–Crippen LogP) is 5.95. The number of thioether (sulfide) groups is 1. The van der Waals surface area contributed by atoms with Crippen molar-refractivity contribution < 1.29 is 38.3 Å². The highest BCUT2D eigenvalue weighted by atomic mass is 35.5. The summed E-state index contributed by atoms with van der Waals surface area (Å²) in [6, 6.07) is 15.2. The molecule has 0 unspecified atom stereocenters. The molecule has 2 amide bonds. The molecule has 3 aromatic carbocycles. The van der Waals surface area contributed by atoms with Crippen LogP contribution in [0, 0.1) is 10.1 Å². The lowest BCUT2D eigenvalue weighted by molar-refractivity contribution is -0.385. The summed E-state index contributed by atoms with van der Waals surface area (Å²) in [5.41, 5.74) is 0.0759. The van der Waals surface area contributed by atoms with E-state index in [0.29, 0.717) is 16.3 Å². The van der Waals surface area contributed by atoms with Crippen molar-refractivity contribution in [3.8, 4) is 23.0 Å². The molecule has 3 aromatic rings. The highest BCUT2D eigenvalue weighted by Crippen LogP contribution is 2.39. The Bertz CT molecular complexity index is 1530. The van der Waals surface area contributed by atoms with Crippen LogP contribution < -0.4 is 14.2 Å². The number of ether oxygens (including phenoxy) is 4. The number of halogens is 1. The molecule has 1 saturated heterocycles. The number of rotatable bonds is 10. The molecule has 11 nitrogen and oxygen atoms in total. The number of imide groups is 1. The summed E-state index contributed by atoms with van der Waals surface area (Å²) in [5, 5.41) is 11.6. The molecule has 0 aliphatic carbocycles. The zero-order valence-corrected chi connectivity index (χ0v) is 22.7. The SMILES string of the molecule is COC(=O)c1ccc(Oc2ccc(/C=C3\SC(=O)N(CCOc4ccccc4Cl)C3=O)cc2OC)c([N+](=O)[O-])c1. The summed E-state index contributed by atoms with van der Waals surface area (Å²) >= 11 is 6.85. The van der Waals surface area contributed by atoms with Crippen LogP contribution in [-0.4, -0.2) is 54.3 Å². The first kappa shape index (κ1) is 28.5. The fraction of sp³-hybridized carbons (Fsp3) is 0.148. The number of nitrogens with zero attached hydrogens (tertiary/aromatic N) is 2. The van der Waals surface area contributed by atoms with Gasteiger partial charge in [0.1, 0.15) is 12.4 Å². The van der Waals surface area contributed by atoms with Crippen LogP contribution in [0.4, 0.5) is 10.5 Å². The third-order valence-corrected chi connectivity index (χ3v) is 6.78. The van der Waals surface area contributed by atoms with Crippen LogP contribution in [0.3, 0.4) is 0 Å². The van der Waals surface area contributed by atoms with E-state index >= 15 is 0 Å². The van der Waals surface area contributed by atoms with Crippen LogP contribution in [-0.2, 0) is 9.53 Å². The minimum atomic E-state index is -0.728. The summed E-state index contributed by atoms with van der Waals surface area (Å²) in [7, 11) is 2.55. The van der Waals surface area contributed by atoms with E-state index in [1.165, 1.54) is 38.5 Å². The van der Waals surface area contributed by atoms with Crippen molar-refractivity contribution in [2.75, 3.05) is 27.4 Å². The van der Waals surface area contributed by atoms with Crippen molar-refractivity contribution in [1.82, 2.24) is 4.90 Å². The Kier molecular flexibility index (Phi) is 8.92. The number of amides is 2. The van der Waals surface area contributed by atoms with E-state index in [2.05, 4.69) is 4.74 Å². The van der Waals surface area contributed by atoms with Gasteiger partial charge >= 0.3 is 11.7 Å². The van der Waals surface area contributed by atoms with Gasteiger partial charge in [-0.25, -0.2) is 4.79 Å². The summed E-state index contributed by atoms with van der Waals surface area (Å²) in [6.45, 7) is 0.110. The van der Waals surface area contributed by atoms with E-state index in [-0.39, 0.29) is 40.9 Å². The molecule has 4 rings (SSSR count). The molecule has 13 heteroatoms. The lowest BCUT2D eigenvalue weighted by atomic mass is 10.1. The predicted molar refractivity (Wildman–Crippen MR) is 147 cm³/mol. The number of esters is 1. The molecule has 0 aromatic heterocycles. The van der Waals surface area contributed by atoms with E-state index in [9.17, 15) is 24.5 Å². The molecular formula is C27H21ClN2O9S. The summed E-state index contributed by atoms with van der Waals surface area (Å²) in [5.74, 6) is -0.506. The van der Waals surface area contributed by atoms with Crippen LogP contribution in [0.15, 0.2) is 65.6 Å². The van der Waals surface area contributed by atoms with Gasteiger partial charge in [0.15, 0.2) is 11.5 Å². The summed E-state index contributed by atoms with van der Waals surface area (Å²) < 4.78 is 21.3. The second-order valence-corrected chi connectivity index (χ2v) is 9.46. The zero-order chi connectivity index (χ0) is 28.8. The third kappa shape index (κ3) is 6.35. The van der Waals surface area contributed by atoms with Crippen LogP contribution in [0.2, 0.25) is 5.02 Å². The van der Waals surface area contributed by atoms with Crippen molar-refractivity contribution in [2.24, 2.45) is 0 Å². The van der Waals surface area contributed by atoms with Crippen LogP contribution in [0.25, 0.3) is 6.08 Å². The van der Waals surface area contributed by atoms with Crippen molar-refractivity contribution >= 4 is 52.2 Å². The van der Waals surface area contributed by atoms with Gasteiger partial charge in [-0.05, 0) is 59.8 Å². The molecule has 1 aliphatic rings. The molecule has 0 atom stereocenters. The maximum atomic E-state index is 12.9. The lowest BCUT2D eigenvalue weighted by Gasteiger charge is -2.14. The van der Waals surface area contributed by atoms with Gasteiger partial charge in [0.25, 0.3) is 11.1 Å². The largest absolute Gasteiger partial charge is 0.493 e. The number of carbonyl (C=O) groups excluding carboxylic acids is 3. The number of hydrogen-bond donors (Lipinski definition) is 0. The molecule has 206 valence electrons. The minimum absolute atomic E-state index is 0.00626. The molecule has 1 heterocycles. The Balaban J connectivity index is 1.49. The van der Waals surface area contributed by atoms with E-state index < -0.39 is 27.7 Å². The highest BCUT2D eigenvalue weighted by molar-refractivity contribution is 8.18. The lowest BCUT2D eigenvalue weighted by Crippen LogP contribution is -2.32. The first-order chi connectivity index (χ1) is 19.2. The monoisotopic (exact) mass is 584 g/mol. The van der Waals surface area contributed by atoms with Crippen LogP contribution in [0.1, 0.15) is 15.9 Å². The Labute approximate surface area is 237 Å². The number of benzene rings is 3. The van der Waals surface area contributed by atoms with Crippen molar-refractivity contribution in [1.29, 1.82) is 0 Å². The van der Waals surface area contributed by atoms with Crippen molar-refractivity contribution in [3.05, 3.63) is 91.8 Å². The van der Waals surface area contributed by atoms with Gasteiger partial charge in [0.05, 0.1) is 41.2 Å². The second-order valence-electron chi connectivity index (χ2n) is 8.06. The number of para-hydroxylation sites is 1. The zero-order valence-electron chi connectivity index (χ0n) is 21.1. The summed E-state index contributed by atoms with van der Waals surface area (Å²) in [4.78, 5) is 49.3. The Morgan fingerprint density at radius 2 is 1.77 bits per heavy atom. The normalized spacial score (nSPS) is 13.9. The Morgan fingerprint density at radius 3 is 2.48 bits per heavy atom. The van der Waals surface area contributed by atoms with Gasteiger partial charge in [-0.15, -0.1) is 0 Å². The van der Waals surface area contributed by atoms with Gasteiger partial charge in [-0.1, -0.05) is 29.8 Å². The van der Waals surface area contributed by atoms with Gasteiger partial charge in [0, 0.05) is 6.07 Å². The molecule has 40 heavy (non-hydrogen) atoms. The highest BCUT2D eigenvalue weighted by Gasteiger charge is 2.35. The molecule has 1 fully saturated rings. The van der Waals surface area contributed by atoms with E-state index in [1.54, 1.807) is 36.4 Å². The Hall–Kier alpha value is -4.55. The van der Waals surface area contributed by atoms with E-state index in [0.717, 1.165) is 22.7 Å². The fourth-order valence-electron chi connectivity index (χ4n) is 3.62. The number of nitro benzene ring substituents is 1. The molecular weight excluding hydrogens is 564 g/mol. The van der Waals surface area contributed by atoms with Gasteiger partial charge in [-0.2, -0.15) is 0 Å². The maximum absolute atomic E-state index is 12.9. The fourth-order valence-corrected chi connectivity index (χ4v) is 4.68. The molecule has 0 saturated carbocycles. The van der Waals surface area contributed by atoms with Gasteiger partial charge < -0.3 is 18.9 Å². The summed E-state index contributed by atoms with van der Waals surface area (Å²) in [6.07, 6.45) is 1.53. The standard InChI is InChI=1S/C27H21ClN2O9S/c1-36-23-13-16(7-9-22(23)39-21-10-8-17(26(32)37-2)15-19(21)30(34)35)14-24-25(31)29(27(33)40-24)11-12-38-20-6-4-3-5-18(20)28/h3-10,13-15H,11-12H2,1-2H3/b24-14-. The molecule has 0 spiro atoms. The number of hydrogen-bond acceptors (Lipinski definition) is 10. The molecule has 0 N–H and O–H groups in total. The number of nitro groups is 1. The number of methoxy groups -OCH3 is 2. The molecule has 1 aliphatic heterocycles. The van der Waals surface area contributed by atoms with E-state index in [1.807, 2.05) is 0 Å². The average molecular weight is 585 g/mol. The average Bonchev–Trinajstić information content (AvgIpc) is 3.21. The van der Waals surface area contributed by atoms with E-state index in [4.69, 9.17) is 25.8 Å². The topological polar surface area (TPSA) is 135 Å². The van der Waals surface area contributed by atoms with Crippen molar-refractivity contribution in [2.45, 2.75) is 0 Å². The third-order valence-electron chi connectivity index (χ3n) is 5.56. The van der Waals surface area contributed by atoms with Crippen LogP contribution >= 0.6 is 23.4 Å². The minimum Gasteiger partial charge on any atom is -0.493 e. The Morgan fingerprint density at radius 1 is 1.02 bits per heavy atom. The number of carbonyl (C=O) groups is 3. The van der Waals surface area contributed by atoms with Gasteiger partial charge in [-0.3, -0.25) is 24.6 Å². The quantitative estimate of drug-likeness (QED) is 0.122. The first-order valence-electron chi connectivity index (χ1n) is 11.6.